The van der Waals surface area contributed by atoms with Crippen molar-refractivity contribution in [2.45, 2.75) is 45.1 Å². The Balaban J connectivity index is 2.60. The Morgan fingerprint density at radius 3 is 2.84 bits per heavy atom. The molecular weight excluding hydrogens is 322 g/mol. The van der Waals surface area contributed by atoms with Crippen molar-refractivity contribution in [2.24, 2.45) is 0 Å². The van der Waals surface area contributed by atoms with Crippen molar-refractivity contribution < 1.29 is 0 Å². The summed E-state index contributed by atoms with van der Waals surface area (Å²) in [6.07, 6.45) is 7.93. The first-order chi connectivity index (χ1) is 9.20. The van der Waals surface area contributed by atoms with Gasteiger partial charge in [-0.15, -0.1) is 6.58 Å². The van der Waals surface area contributed by atoms with E-state index >= 15 is 0 Å². The quantitative estimate of drug-likeness (QED) is 0.435. The maximum atomic E-state index is 6.39. The fraction of sp³-hybridized carbons (Fsp3) is 0.500. The van der Waals surface area contributed by atoms with Crippen LogP contribution >= 0.6 is 27.5 Å². The molecule has 1 aromatic carbocycles. The molecule has 1 nitrogen and oxygen atoms in total. The van der Waals surface area contributed by atoms with Gasteiger partial charge in [-0.2, -0.15) is 0 Å². The van der Waals surface area contributed by atoms with Crippen molar-refractivity contribution in [2.75, 3.05) is 6.54 Å². The van der Waals surface area contributed by atoms with Crippen LogP contribution in [0.25, 0.3) is 0 Å². The van der Waals surface area contributed by atoms with Crippen LogP contribution in [0.5, 0.6) is 0 Å². The van der Waals surface area contributed by atoms with Gasteiger partial charge in [0.1, 0.15) is 0 Å². The summed E-state index contributed by atoms with van der Waals surface area (Å²) in [7, 11) is 0. The zero-order chi connectivity index (χ0) is 14.1. The second kappa shape index (κ2) is 9.57. The number of allylic oxidation sites excluding steroid dienone is 1. The van der Waals surface area contributed by atoms with E-state index in [4.69, 9.17) is 11.6 Å². The maximum absolute atomic E-state index is 6.39. The summed E-state index contributed by atoms with van der Waals surface area (Å²) in [6.45, 7) is 6.85. The minimum atomic E-state index is 0.346. The number of halogens is 2. The van der Waals surface area contributed by atoms with Crippen molar-refractivity contribution in [3.8, 4) is 0 Å². The van der Waals surface area contributed by atoms with Gasteiger partial charge < -0.3 is 5.32 Å². The summed E-state index contributed by atoms with van der Waals surface area (Å²) >= 11 is 9.88. The van der Waals surface area contributed by atoms with E-state index in [1.54, 1.807) is 0 Å². The molecule has 1 aromatic rings. The number of rotatable bonds is 9. The second-order valence-corrected chi connectivity index (χ2v) is 5.91. The Kier molecular flexibility index (Phi) is 8.43. The van der Waals surface area contributed by atoms with E-state index in [0.717, 1.165) is 28.9 Å². The second-order valence-electron chi connectivity index (χ2n) is 4.68. The van der Waals surface area contributed by atoms with Gasteiger partial charge in [0.2, 0.25) is 0 Å². The van der Waals surface area contributed by atoms with Gasteiger partial charge in [0.15, 0.2) is 0 Å². The van der Waals surface area contributed by atoms with Crippen molar-refractivity contribution in [3.05, 3.63) is 45.9 Å². The SMILES string of the molecule is C=CCCCCCC(NCC)c1cccc(Br)c1Cl. The highest BCUT2D eigenvalue weighted by Gasteiger charge is 2.14. The van der Waals surface area contributed by atoms with Crippen molar-refractivity contribution >= 4 is 27.5 Å². The van der Waals surface area contributed by atoms with Crippen LogP contribution in [0, 0.1) is 0 Å². The lowest BCUT2D eigenvalue weighted by atomic mass is 10.00. The van der Waals surface area contributed by atoms with Crippen LogP contribution < -0.4 is 5.32 Å². The Morgan fingerprint density at radius 1 is 1.37 bits per heavy atom. The van der Waals surface area contributed by atoms with Crippen LogP contribution in [-0.4, -0.2) is 6.54 Å². The van der Waals surface area contributed by atoms with Crippen LogP contribution in [0.4, 0.5) is 0 Å². The lowest BCUT2D eigenvalue weighted by Crippen LogP contribution is -2.21. The molecule has 0 heterocycles. The van der Waals surface area contributed by atoms with Gasteiger partial charge in [0.05, 0.1) is 5.02 Å². The van der Waals surface area contributed by atoms with Gasteiger partial charge in [-0.05, 0) is 53.4 Å². The lowest BCUT2D eigenvalue weighted by Gasteiger charge is -2.20. The van der Waals surface area contributed by atoms with Gasteiger partial charge in [0.25, 0.3) is 0 Å². The number of unbranched alkanes of at least 4 members (excludes halogenated alkanes) is 3. The largest absolute Gasteiger partial charge is 0.310 e. The molecule has 0 fully saturated rings. The van der Waals surface area contributed by atoms with Crippen LogP contribution in [0.1, 0.15) is 50.6 Å². The molecule has 0 saturated carbocycles. The van der Waals surface area contributed by atoms with Crippen molar-refractivity contribution in [3.63, 3.8) is 0 Å². The minimum absolute atomic E-state index is 0.346. The predicted octanol–water partition coefficient (Wildman–Crippen LogP) is 5.89. The van der Waals surface area contributed by atoms with Gasteiger partial charge in [0, 0.05) is 10.5 Å². The summed E-state index contributed by atoms with van der Waals surface area (Å²) in [4.78, 5) is 0. The standard InChI is InChI=1S/C16H23BrClN/c1-3-5-6-7-8-12-15(19-4-2)13-10-9-11-14(17)16(13)18/h3,9-11,15,19H,1,4-8,12H2,2H3. The maximum Gasteiger partial charge on any atom is 0.0595 e. The molecule has 1 N–H and O–H groups in total. The fourth-order valence-corrected chi connectivity index (χ4v) is 2.86. The van der Waals surface area contributed by atoms with Crippen LogP contribution in [0.15, 0.2) is 35.3 Å². The molecule has 0 aliphatic carbocycles. The molecule has 19 heavy (non-hydrogen) atoms. The first-order valence-electron chi connectivity index (χ1n) is 6.98. The first kappa shape index (κ1) is 16.7. The highest BCUT2D eigenvalue weighted by atomic mass is 79.9. The van der Waals surface area contributed by atoms with Gasteiger partial charge in [-0.3, -0.25) is 0 Å². The molecule has 1 atom stereocenters. The Labute approximate surface area is 130 Å². The lowest BCUT2D eigenvalue weighted by molar-refractivity contribution is 0.483. The number of nitrogens with one attached hydrogen (secondary N) is 1. The van der Waals surface area contributed by atoms with E-state index in [-0.39, 0.29) is 0 Å². The van der Waals surface area contributed by atoms with E-state index in [0.29, 0.717) is 6.04 Å². The zero-order valence-electron chi connectivity index (χ0n) is 11.6. The Morgan fingerprint density at radius 2 is 2.16 bits per heavy atom. The minimum Gasteiger partial charge on any atom is -0.310 e. The molecule has 1 unspecified atom stereocenters. The molecule has 0 aromatic heterocycles. The molecule has 0 spiro atoms. The molecule has 106 valence electrons. The highest BCUT2D eigenvalue weighted by Crippen LogP contribution is 2.32. The zero-order valence-corrected chi connectivity index (χ0v) is 13.9. The monoisotopic (exact) mass is 343 g/mol. The molecule has 0 bridgehead atoms. The number of benzene rings is 1. The van der Waals surface area contributed by atoms with E-state index in [2.05, 4.69) is 40.8 Å². The third-order valence-corrected chi connectivity index (χ3v) is 4.52. The fourth-order valence-electron chi connectivity index (χ4n) is 2.22. The molecule has 1 rings (SSSR count). The van der Waals surface area contributed by atoms with Crippen LogP contribution in [0.3, 0.4) is 0 Å². The van der Waals surface area contributed by atoms with Crippen LogP contribution in [-0.2, 0) is 0 Å². The molecular formula is C16H23BrClN. The number of hydrogen-bond acceptors (Lipinski definition) is 1. The van der Waals surface area contributed by atoms with Crippen molar-refractivity contribution in [1.29, 1.82) is 0 Å². The average Bonchev–Trinajstić information content (AvgIpc) is 2.41. The number of hydrogen-bond donors (Lipinski definition) is 1. The summed E-state index contributed by atoms with van der Waals surface area (Å²) in [6, 6.07) is 6.50. The molecule has 0 aliphatic heterocycles. The molecule has 0 saturated heterocycles. The summed E-state index contributed by atoms with van der Waals surface area (Å²) in [5, 5.41) is 4.37. The Hall–Kier alpha value is -0.310. The van der Waals surface area contributed by atoms with Gasteiger partial charge in [-0.25, -0.2) is 0 Å². The molecule has 0 amide bonds. The van der Waals surface area contributed by atoms with E-state index in [1.165, 1.54) is 24.8 Å². The molecule has 0 radical (unpaired) electrons. The van der Waals surface area contributed by atoms with E-state index in [9.17, 15) is 0 Å². The van der Waals surface area contributed by atoms with Crippen molar-refractivity contribution in [1.82, 2.24) is 5.32 Å². The normalized spacial score (nSPS) is 12.4. The Bertz CT molecular complexity index is 392. The molecule has 3 heteroatoms. The van der Waals surface area contributed by atoms with E-state index in [1.807, 2.05) is 18.2 Å². The smallest absolute Gasteiger partial charge is 0.0595 e. The third kappa shape index (κ3) is 5.68. The highest BCUT2D eigenvalue weighted by molar-refractivity contribution is 9.10. The van der Waals surface area contributed by atoms with E-state index < -0.39 is 0 Å². The summed E-state index contributed by atoms with van der Waals surface area (Å²) in [5.41, 5.74) is 1.20. The topological polar surface area (TPSA) is 12.0 Å². The van der Waals surface area contributed by atoms with Gasteiger partial charge >= 0.3 is 0 Å². The van der Waals surface area contributed by atoms with Crippen LogP contribution in [0.2, 0.25) is 5.02 Å². The third-order valence-electron chi connectivity index (χ3n) is 3.21. The summed E-state index contributed by atoms with van der Waals surface area (Å²) < 4.78 is 0.973. The average molecular weight is 345 g/mol. The van der Waals surface area contributed by atoms with Gasteiger partial charge in [-0.1, -0.05) is 49.6 Å². The first-order valence-corrected chi connectivity index (χ1v) is 8.16. The predicted molar refractivity (Wildman–Crippen MR) is 88.9 cm³/mol. The molecule has 0 aliphatic rings. The summed E-state index contributed by atoms with van der Waals surface area (Å²) in [5.74, 6) is 0.